The molecular weight excluding hydrogens is 310 g/mol. The zero-order chi connectivity index (χ0) is 16.2. The van der Waals surface area contributed by atoms with Gasteiger partial charge in [0, 0.05) is 44.1 Å². The second-order valence-electron chi connectivity index (χ2n) is 6.70. The third-order valence-corrected chi connectivity index (χ3v) is 5.52. The van der Waals surface area contributed by atoms with Crippen molar-refractivity contribution in [3.05, 3.63) is 21.9 Å². The average molecular weight is 337 g/mol. The molecule has 2 aliphatic heterocycles. The van der Waals surface area contributed by atoms with Crippen LogP contribution in [0.5, 0.6) is 0 Å². The molecule has 2 aliphatic rings. The Morgan fingerprint density at radius 3 is 2.91 bits per heavy atom. The van der Waals surface area contributed by atoms with E-state index < -0.39 is 0 Å². The van der Waals surface area contributed by atoms with Crippen molar-refractivity contribution in [3.8, 4) is 0 Å². The van der Waals surface area contributed by atoms with Gasteiger partial charge in [0.1, 0.15) is 0 Å². The van der Waals surface area contributed by atoms with Gasteiger partial charge in [-0.1, -0.05) is 0 Å². The second kappa shape index (κ2) is 7.75. The van der Waals surface area contributed by atoms with Crippen molar-refractivity contribution in [2.45, 2.75) is 39.0 Å². The first kappa shape index (κ1) is 16.9. The minimum atomic E-state index is 0.137. The number of carbonyl (C=O) groups excluding carboxylic acids is 1. The molecule has 5 nitrogen and oxygen atoms in total. The lowest BCUT2D eigenvalue weighted by Gasteiger charge is -2.35. The van der Waals surface area contributed by atoms with E-state index in [4.69, 9.17) is 4.74 Å². The Balaban J connectivity index is 1.35. The highest BCUT2D eigenvalue weighted by molar-refractivity contribution is 7.10. The number of ether oxygens (including phenoxy) is 1. The summed E-state index contributed by atoms with van der Waals surface area (Å²) < 4.78 is 5.73. The Labute approximate surface area is 142 Å². The molecule has 1 N–H and O–H groups in total. The number of thiophene rings is 1. The van der Waals surface area contributed by atoms with E-state index in [2.05, 4.69) is 40.4 Å². The molecule has 0 saturated carbocycles. The van der Waals surface area contributed by atoms with Crippen LogP contribution in [0.1, 0.15) is 24.3 Å². The number of amides is 1. The Morgan fingerprint density at radius 1 is 1.35 bits per heavy atom. The number of hydrogen-bond donors (Lipinski definition) is 1. The lowest BCUT2D eigenvalue weighted by Crippen LogP contribution is -2.48. The molecule has 6 heteroatoms. The SMILES string of the molecule is C[C@@H]1CN(CCNC(=O)CN2CCc3sccc3C2)C[C@H](C)O1. The second-order valence-corrected chi connectivity index (χ2v) is 7.70. The Hall–Kier alpha value is -0.950. The summed E-state index contributed by atoms with van der Waals surface area (Å²) in [5, 5.41) is 5.22. The molecule has 0 spiro atoms. The summed E-state index contributed by atoms with van der Waals surface area (Å²) in [4.78, 5) is 18.2. The molecule has 0 unspecified atom stereocenters. The smallest absolute Gasteiger partial charge is 0.234 e. The summed E-state index contributed by atoms with van der Waals surface area (Å²) in [6.45, 7) is 10.1. The van der Waals surface area contributed by atoms with E-state index >= 15 is 0 Å². The molecule has 1 aromatic rings. The summed E-state index contributed by atoms with van der Waals surface area (Å²) in [5.41, 5.74) is 1.39. The van der Waals surface area contributed by atoms with E-state index in [9.17, 15) is 4.79 Å². The molecule has 0 radical (unpaired) electrons. The van der Waals surface area contributed by atoms with Gasteiger partial charge in [-0.15, -0.1) is 11.3 Å². The van der Waals surface area contributed by atoms with Crippen molar-refractivity contribution in [2.75, 3.05) is 39.3 Å². The van der Waals surface area contributed by atoms with Gasteiger partial charge in [0.25, 0.3) is 0 Å². The number of nitrogens with one attached hydrogen (secondary N) is 1. The normalized spacial score (nSPS) is 26.0. The van der Waals surface area contributed by atoms with Crippen LogP contribution in [0.25, 0.3) is 0 Å². The zero-order valence-corrected chi connectivity index (χ0v) is 14.9. The lowest BCUT2D eigenvalue weighted by atomic mass is 10.1. The predicted octanol–water partition coefficient (Wildman–Crippen LogP) is 1.33. The molecule has 1 saturated heterocycles. The predicted molar refractivity (Wildman–Crippen MR) is 92.8 cm³/mol. The van der Waals surface area contributed by atoms with E-state index in [0.29, 0.717) is 6.54 Å². The monoisotopic (exact) mass is 337 g/mol. The largest absolute Gasteiger partial charge is 0.373 e. The fourth-order valence-electron chi connectivity index (χ4n) is 3.52. The number of nitrogens with zero attached hydrogens (tertiary/aromatic N) is 2. The van der Waals surface area contributed by atoms with Gasteiger partial charge in [-0.3, -0.25) is 14.6 Å². The van der Waals surface area contributed by atoms with Crippen molar-refractivity contribution >= 4 is 17.2 Å². The molecular formula is C17H27N3O2S. The molecule has 3 heterocycles. The molecule has 0 bridgehead atoms. The highest BCUT2D eigenvalue weighted by Crippen LogP contribution is 2.23. The zero-order valence-electron chi connectivity index (χ0n) is 14.1. The van der Waals surface area contributed by atoms with Gasteiger partial charge < -0.3 is 10.1 Å². The Kier molecular flexibility index (Phi) is 5.69. The van der Waals surface area contributed by atoms with E-state index in [1.165, 1.54) is 10.4 Å². The van der Waals surface area contributed by atoms with E-state index in [-0.39, 0.29) is 18.1 Å². The number of morpholine rings is 1. The van der Waals surface area contributed by atoms with Crippen molar-refractivity contribution in [2.24, 2.45) is 0 Å². The van der Waals surface area contributed by atoms with Crippen LogP contribution >= 0.6 is 11.3 Å². The molecule has 23 heavy (non-hydrogen) atoms. The molecule has 1 amide bonds. The van der Waals surface area contributed by atoms with Gasteiger partial charge in [0.05, 0.1) is 18.8 Å². The first-order chi connectivity index (χ1) is 11.1. The number of fused-ring (bicyclic) bond motifs is 1. The molecule has 2 atom stereocenters. The maximum atomic E-state index is 12.1. The molecule has 1 fully saturated rings. The average Bonchev–Trinajstić information content (AvgIpc) is 2.93. The van der Waals surface area contributed by atoms with E-state index in [1.807, 2.05) is 11.3 Å². The van der Waals surface area contributed by atoms with Crippen LogP contribution < -0.4 is 5.32 Å². The molecule has 0 aliphatic carbocycles. The third-order valence-electron chi connectivity index (χ3n) is 4.50. The van der Waals surface area contributed by atoms with Crippen LogP contribution in [0, 0.1) is 0 Å². The van der Waals surface area contributed by atoms with Crippen molar-refractivity contribution in [3.63, 3.8) is 0 Å². The summed E-state index contributed by atoms with van der Waals surface area (Å²) in [6.07, 6.45) is 1.63. The fourth-order valence-corrected chi connectivity index (χ4v) is 4.41. The number of rotatable bonds is 5. The molecule has 3 rings (SSSR count). The first-order valence-electron chi connectivity index (χ1n) is 8.52. The fraction of sp³-hybridized carbons (Fsp3) is 0.706. The Bertz CT molecular complexity index is 524. The summed E-state index contributed by atoms with van der Waals surface area (Å²) >= 11 is 1.83. The quantitative estimate of drug-likeness (QED) is 0.880. The number of hydrogen-bond acceptors (Lipinski definition) is 5. The van der Waals surface area contributed by atoms with Gasteiger partial charge >= 0.3 is 0 Å². The van der Waals surface area contributed by atoms with Crippen LogP contribution in [0.3, 0.4) is 0 Å². The van der Waals surface area contributed by atoms with Gasteiger partial charge in [-0.25, -0.2) is 0 Å². The van der Waals surface area contributed by atoms with Crippen LogP contribution in [0.15, 0.2) is 11.4 Å². The standard InChI is InChI=1S/C17H27N3O2S/c1-13-9-20(10-14(2)22-13)7-5-18-17(21)12-19-6-3-16-15(11-19)4-8-23-16/h4,8,13-14H,3,5-7,9-12H2,1-2H3,(H,18,21)/t13-,14+. The summed E-state index contributed by atoms with van der Waals surface area (Å²) in [7, 11) is 0. The Morgan fingerprint density at radius 2 is 2.13 bits per heavy atom. The van der Waals surface area contributed by atoms with Gasteiger partial charge in [0.15, 0.2) is 0 Å². The van der Waals surface area contributed by atoms with Crippen LogP contribution in [0.4, 0.5) is 0 Å². The van der Waals surface area contributed by atoms with Gasteiger partial charge in [0.2, 0.25) is 5.91 Å². The van der Waals surface area contributed by atoms with E-state index in [1.54, 1.807) is 0 Å². The summed E-state index contributed by atoms with van der Waals surface area (Å²) in [5.74, 6) is 0.137. The minimum Gasteiger partial charge on any atom is -0.373 e. The van der Waals surface area contributed by atoms with Crippen molar-refractivity contribution in [1.82, 2.24) is 15.1 Å². The highest BCUT2D eigenvalue weighted by atomic mass is 32.1. The lowest BCUT2D eigenvalue weighted by molar-refractivity contribution is -0.122. The molecule has 1 aromatic heterocycles. The minimum absolute atomic E-state index is 0.137. The number of carbonyl (C=O) groups is 1. The van der Waals surface area contributed by atoms with Gasteiger partial charge in [-0.05, 0) is 37.3 Å². The highest BCUT2D eigenvalue weighted by Gasteiger charge is 2.22. The molecule has 0 aromatic carbocycles. The van der Waals surface area contributed by atoms with Gasteiger partial charge in [-0.2, -0.15) is 0 Å². The van der Waals surface area contributed by atoms with E-state index in [0.717, 1.165) is 45.7 Å². The third kappa shape index (κ3) is 4.76. The van der Waals surface area contributed by atoms with Crippen LogP contribution in [0.2, 0.25) is 0 Å². The van der Waals surface area contributed by atoms with Crippen molar-refractivity contribution < 1.29 is 9.53 Å². The van der Waals surface area contributed by atoms with Crippen LogP contribution in [-0.2, 0) is 22.5 Å². The first-order valence-corrected chi connectivity index (χ1v) is 9.40. The summed E-state index contributed by atoms with van der Waals surface area (Å²) in [6, 6.07) is 2.19. The van der Waals surface area contributed by atoms with Crippen LogP contribution in [-0.4, -0.2) is 67.2 Å². The topological polar surface area (TPSA) is 44.8 Å². The molecule has 128 valence electrons. The van der Waals surface area contributed by atoms with Crippen molar-refractivity contribution in [1.29, 1.82) is 0 Å². The maximum absolute atomic E-state index is 12.1. The maximum Gasteiger partial charge on any atom is 0.234 e.